The number of phenolic OH excluding ortho intramolecular Hbond substituents is 1. The lowest BCUT2D eigenvalue weighted by Crippen LogP contribution is -2.32. The lowest BCUT2D eigenvalue weighted by Gasteiger charge is -2.20. The van der Waals surface area contributed by atoms with E-state index in [1.54, 1.807) is 23.1 Å². The summed E-state index contributed by atoms with van der Waals surface area (Å²) in [5.41, 5.74) is 2.41. The first-order valence-electron chi connectivity index (χ1n) is 8.66. The van der Waals surface area contributed by atoms with Gasteiger partial charge in [0.2, 0.25) is 0 Å². The van der Waals surface area contributed by atoms with Crippen LogP contribution < -0.4 is 4.74 Å². The SMILES string of the molecule is O=C(c1cncc(F)c1)N1CCOc2c(O)cc(-c3cccc(Cl)c3)cc2C1. The lowest BCUT2D eigenvalue weighted by molar-refractivity contribution is 0.0732. The number of halogens is 2. The van der Waals surface area contributed by atoms with Gasteiger partial charge in [0.25, 0.3) is 5.91 Å². The van der Waals surface area contributed by atoms with Gasteiger partial charge in [0, 0.05) is 23.3 Å². The Morgan fingerprint density at radius 2 is 2.04 bits per heavy atom. The van der Waals surface area contributed by atoms with Gasteiger partial charge in [0.1, 0.15) is 12.4 Å². The summed E-state index contributed by atoms with van der Waals surface area (Å²) < 4.78 is 19.1. The molecule has 0 spiro atoms. The number of amides is 1. The van der Waals surface area contributed by atoms with E-state index in [1.807, 2.05) is 18.2 Å². The van der Waals surface area contributed by atoms with Crippen molar-refractivity contribution in [3.8, 4) is 22.6 Å². The van der Waals surface area contributed by atoms with Crippen molar-refractivity contribution in [1.82, 2.24) is 9.88 Å². The molecule has 0 aliphatic carbocycles. The second-order valence-electron chi connectivity index (χ2n) is 6.46. The molecular formula is C21H16ClFN2O3. The number of nitrogens with zero attached hydrogens (tertiary/aromatic N) is 2. The highest BCUT2D eigenvalue weighted by Crippen LogP contribution is 2.38. The summed E-state index contributed by atoms with van der Waals surface area (Å²) in [5, 5.41) is 11.0. The molecule has 3 aromatic rings. The molecule has 0 radical (unpaired) electrons. The van der Waals surface area contributed by atoms with Crippen LogP contribution in [-0.4, -0.2) is 34.0 Å². The fraction of sp³-hybridized carbons (Fsp3) is 0.143. The number of hydrogen-bond donors (Lipinski definition) is 1. The van der Waals surface area contributed by atoms with Crippen LogP contribution in [-0.2, 0) is 6.54 Å². The van der Waals surface area contributed by atoms with Crippen molar-refractivity contribution in [3.63, 3.8) is 0 Å². The Labute approximate surface area is 166 Å². The molecule has 0 atom stereocenters. The minimum absolute atomic E-state index is 0.00537. The third-order valence-electron chi connectivity index (χ3n) is 4.51. The average Bonchev–Trinajstić information content (AvgIpc) is 2.90. The Morgan fingerprint density at radius 1 is 1.18 bits per heavy atom. The van der Waals surface area contributed by atoms with E-state index in [2.05, 4.69) is 4.98 Å². The molecule has 28 heavy (non-hydrogen) atoms. The maximum atomic E-state index is 13.4. The fourth-order valence-electron chi connectivity index (χ4n) is 3.22. The predicted octanol–water partition coefficient (Wildman–Crippen LogP) is 4.28. The average molecular weight is 399 g/mol. The summed E-state index contributed by atoms with van der Waals surface area (Å²) in [7, 11) is 0. The molecule has 2 heterocycles. The number of phenols is 1. The molecule has 2 aromatic carbocycles. The first kappa shape index (κ1) is 18.3. The molecule has 1 aliphatic rings. The number of carbonyl (C=O) groups excluding carboxylic acids is 1. The van der Waals surface area contributed by atoms with Crippen LogP contribution in [0.25, 0.3) is 11.1 Å². The quantitative estimate of drug-likeness (QED) is 0.699. The van der Waals surface area contributed by atoms with Crippen molar-refractivity contribution < 1.29 is 19.0 Å². The molecule has 0 unspecified atom stereocenters. The van der Waals surface area contributed by atoms with Crippen molar-refractivity contribution >= 4 is 17.5 Å². The van der Waals surface area contributed by atoms with Gasteiger partial charge in [-0.15, -0.1) is 0 Å². The molecule has 1 N–H and O–H groups in total. The van der Waals surface area contributed by atoms with E-state index in [0.29, 0.717) is 22.9 Å². The molecule has 4 rings (SSSR count). The van der Waals surface area contributed by atoms with Gasteiger partial charge in [-0.2, -0.15) is 0 Å². The Kier molecular flexibility index (Phi) is 4.88. The van der Waals surface area contributed by atoms with Crippen LogP contribution in [0, 0.1) is 5.82 Å². The second kappa shape index (κ2) is 7.48. The van der Waals surface area contributed by atoms with Crippen molar-refractivity contribution in [2.75, 3.05) is 13.2 Å². The summed E-state index contributed by atoms with van der Waals surface area (Å²) in [6.07, 6.45) is 2.38. The molecular weight excluding hydrogens is 383 g/mol. The van der Waals surface area contributed by atoms with Crippen LogP contribution in [0.1, 0.15) is 15.9 Å². The number of carbonyl (C=O) groups is 1. The zero-order valence-corrected chi connectivity index (χ0v) is 15.5. The number of hydrogen-bond acceptors (Lipinski definition) is 4. The van der Waals surface area contributed by atoms with Gasteiger partial charge in [-0.05, 0) is 41.5 Å². The van der Waals surface area contributed by atoms with Crippen LogP contribution >= 0.6 is 11.6 Å². The first-order valence-corrected chi connectivity index (χ1v) is 9.03. The Morgan fingerprint density at radius 3 is 2.82 bits per heavy atom. The highest BCUT2D eigenvalue weighted by Gasteiger charge is 2.24. The Hall–Kier alpha value is -3.12. The smallest absolute Gasteiger partial charge is 0.255 e. The number of aromatic hydroxyl groups is 1. The molecule has 0 bridgehead atoms. The predicted molar refractivity (Wildman–Crippen MR) is 103 cm³/mol. The van der Waals surface area contributed by atoms with Gasteiger partial charge < -0.3 is 14.7 Å². The minimum atomic E-state index is -0.571. The van der Waals surface area contributed by atoms with Gasteiger partial charge in [-0.1, -0.05) is 23.7 Å². The highest BCUT2D eigenvalue weighted by molar-refractivity contribution is 6.30. The number of fused-ring (bicyclic) bond motifs is 1. The van der Waals surface area contributed by atoms with Gasteiger partial charge in [0.05, 0.1) is 18.3 Å². The summed E-state index contributed by atoms with van der Waals surface area (Å²) in [4.78, 5) is 18.1. The number of ether oxygens (including phenoxy) is 1. The molecule has 0 saturated carbocycles. The lowest BCUT2D eigenvalue weighted by atomic mass is 10.0. The van der Waals surface area contributed by atoms with Crippen LogP contribution in [0.4, 0.5) is 4.39 Å². The third-order valence-corrected chi connectivity index (χ3v) is 4.75. The third kappa shape index (κ3) is 3.64. The van der Waals surface area contributed by atoms with Gasteiger partial charge in [-0.25, -0.2) is 4.39 Å². The monoisotopic (exact) mass is 398 g/mol. The van der Waals surface area contributed by atoms with Crippen molar-refractivity contribution in [1.29, 1.82) is 0 Å². The Balaban J connectivity index is 1.69. The summed E-state index contributed by atoms with van der Waals surface area (Å²) >= 11 is 6.07. The van der Waals surface area contributed by atoms with E-state index in [4.69, 9.17) is 16.3 Å². The second-order valence-corrected chi connectivity index (χ2v) is 6.90. The fourth-order valence-corrected chi connectivity index (χ4v) is 3.41. The number of pyridine rings is 1. The van der Waals surface area contributed by atoms with Crippen LogP contribution in [0.2, 0.25) is 5.02 Å². The number of aromatic nitrogens is 1. The van der Waals surface area contributed by atoms with Gasteiger partial charge in [0.15, 0.2) is 11.5 Å². The van der Waals surface area contributed by atoms with E-state index in [0.717, 1.165) is 23.4 Å². The minimum Gasteiger partial charge on any atom is -0.504 e. The van der Waals surface area contributed by atoms with E-state index >= 15 is 0 Å². The topological polar surface area (TPSA) is 62.7 Å². The van der Waals surface area contributed by atoms with Crippen molar-refractivity contribution in [2.24, 2.45) is 0 Å². The molecule has 1 aliphatic heterocycles. The molecule has 142 valence electrons. The van der Waals surface area contributed by atoms with Gasteiger partial charge >= 0.3 is 0 Å². The van der Waals surface area contributed by atoms with E-state index in [9.17, 15) is 14.3 Å². The maximum Gasteiger partial charge on any atom is 0.255 e. The number of rotatable bonds is 2. The first-order chi connectivity index (χ1) is 13.5. The zero-order chi connectivity index (χ0) is 19.7. The van der Waals surface area contributed by atoms with E-state index in [1.165, 1.54) is 6.20 Å². The molecule has 5 nitrogen and oxygen atoms in total. The van der Waals surface area contributed by atoms with Crippen molar-refractivity contribution in [2.45, 2.75) is 6.54 Å². The summed E-state index contributed by atoms with van der Waals surface area (Å²) in [6, 6.07) is 11.9. The van der Waals surface area contributed by atoms with Gasteiger partial charge in [-0.3, -0.25) is 9.78 Å². The molecule has 1 amide bonds. The highest BCUT2D eigenvalue weighted by atomic mass is 35.5. The maximum absolute atomic E-state index is 13.4. The molecule has 7 heteroatoms. The Bertz CT molecular complexity index is 1060. The van der Waals surface area contributed by atoms with Crippen molar-refractivity contribution in [3.05, 3.63) is 76.8 Å². The summed E-state index contributed by atoms with van der Waals surface area (Å²) in [5.74, 6) is -0.582. The molecule has 0 fully saturated rings. The standard InChI is InChI=1S/C21H16ClFN2O3/c22-17-3-1-2-13(7-17)14-6-16-12-25(4-5-28-20(16)19(26)9-14)21(27)15-8-18(23)11-24-10-15/h1-3,6-11,26H,4-5,12H2. The molecule has 1 aromatic heterocycles. The van der Waals surface area contributed by atoms with E-state index in [-0.39, 0.29) is 30.4 Å². The van der Waals surface area contributed by atoms with Crippen LogP contribution in [0.5, 0.6) is 11.5 Å². The van der Waals surface area contributed by atoms with E-state index < -0.39 is 5.82 Å². The largest absolute Gasteiger partial charge is 0.504 e. The summed E-state index contributed by atoms with van der Waals surface area (Å²) in [6.45, 7) is 0.730. The van der Waals surface area contributed by atoms with Crippen LogP contribution in [0.3, 0.4) is 0 Å². The number of benzene rings is 2. The zero-order valence-electron chi connectivity index (χ0n) is 14.7. The normalized spacial score (nSPS) is 13.4. The van der Waals surface area contributed by atoms with Crippen LogP contribution in [0.15, 0.2) is 54.9 Å². The molecule has 0 saturated heterocycles.